The average Bonchev–Trinajstić information content (AvgIpc) is 3.32. The van der Waals surface area contributed by atoms with Crippen LogP contribution in [0.2, 0.25) is 0 Å². The van der Waals surface area contributed by atoms with Gasteiger partial charge in [-0.3, -0.25) is 9.69 Å². The lowest BCUT2D eigenvalue weighted by Crippen LogP contribution is -2.44. The number of rotatable bonds is 13. The van der Waals surface area contributed by atoms with Crippen molar-refractivity contribution < 1.29 is 31.8 Å². The standard InChI is InChI=1S/C28H37FN2O6S/c1-35-24-7-9-25(10-8-24)38(33,34)16-4-2-3-5-28(32)30-23(20-31-13-12-22(29)19-31)17-21-6-11-26-27(18-21)37-15-14-36-26/h6-11,18,22-23H,2-5,12-17,19-20H2,1H3,(H,30,32)/t22-,23+/m1/s1. The Morgan fingerprint density at radius 1 is 1.11 bits per heavy atom. The third-order valence-corrected chi connectivity index (χ3v) is 8.70. The van der Waals surface area contributed by atoms with Gasteiger partial charge < -0.3 is 19.5 Å². The van der Waals surface area contributed by atoms with E-state index < -0.39 is 16.0 Å². The Morgan fingerprint density at radius 3 is 2.58 bits per heavy atom. The molecule has 0 unspecified atom stereocenters. The number of halogens is 1. The zero-order valence-corrected chi connectivity index (χ0v) is 22.7. The highest BCUT2D eigenvalue weighted by molar-refractivity contribution is 7.91. The van der Waals surface area contributed by atoms with Crippen molar-refractivity contribution in [2.45, 2.75) is 55.6 Å². The highest BCUT2D eigenvalue weighted by atomic mass is 32.2. The van der Waals surface area contributed by atoms with Crippen LogP contribution in [-0.2, 0) is 21.1 Å². The maximum absolute atomic E-state index is 13.8. The molecule has 2 atom stereocenters. The third kappa shape index (κ3) is 8.07. The van der Waals surface area contributed by atoms with Crippen LogP contribution in [0.4, 0.5) is 4.39 Å². The number of likely N-dealkylation sites (tertiary alicyclic amines) is 1. The van der Waals surface area contributed by atoms with Gasteiger partial charge in [0.15, 0.2) is 21.3 Å². The second-order valence-electron chi connectivity index (χ2n) is 9.90. The number of methoxy groups -OCH3 is 1. The van der Waals surface area contributed by atoms with Crippen molar-refractivity contribution >= 4 is 15.7 Å². The summed E-state index contributed by atoms with van der Waals surface area (Å²) in [4.78, 5) is 15.1. The molecular formula is C28H37FN2O6S. The molecule has 10 heteroatoms. The van der Waals surface area contributed by atoms with E-state index in [2.05, 4.69) is 10.2 Å². The second kappa shape index (κ2) is 13.3. The van der Waals surface area contributed by atoms with E-state index in [1.165, 1.54) is 7.11 Å². The van der Waals surface area contributed by atoms with Gasteiger partial charge in [-0.2, -0.15) is 0 Å². The van der Waals surface area contributed by atoms with Crippen molar-refractivity contribution in [1.82, 2.24) is 10.2 Å². The number of fused-ring (bicyclic) bond motifs is 1. The Morgan fingerprint density at radius 2 is 1.87 bits per heavy atom. The normalized spacial score (nSPS) is 18.2. The van der Waals surface area contributed by atoms with Crippen molar-refractivity contribution in [2.24, 2.45) is 0 Å². The summed E-state index contributed by atoms with van der Waals surface area (Å²) in [5.41, 5.74) is 1.01. The molecule has 0 radical (unpaired) electrons. The molecule has 4 rings (SSSR count). The van der Waals surface area contributed by atoms with Crippen molar-refractivity contribution in [3.8, 4) is 17.2 Å². The highest BCUT2D eigenvalue weighted by Crippen LogP contribution is 2.31. The topological polar surface area (TPSA) is 94.2 Å². The number of alkyl halides is 1. The van der Waals surface area contributed by atoms with E-state index in [1.54, 1.807) is 24.3 Å². The predicted octanol–water partition coefficient (Wildman–Crippen LogP) is 3.57. The molecule has 0 aliphatic carbocycles. The summed E-state index contributed by atoms with van der Waals surface area (Å²) in [5, 5.41) is 3.13. The zero-order chi connectivity index (χ0) is 27.0. The lowest BCUT2D eigenvalue weighted by Gasteiger charge is -2.25. The number of hydrogen-bond acceptors (Lipinski definition) is 7. The number of benzene rings is 2. The summed E-state index contributed by atoms with van der Waals surface area (Å²) in [5.74, 6) is 1.98. The molecule has 2 aromatic rings. The van der Waals surface area contributed by atoms with Crippen LogP contribution in [0.3, 0.4) is 0 Å². The summed E-state index contributed by atoms with van der Waals surface area (Å²) in [6, 6.07) is 12.0. The minimum absolute atomic E-state index is 0.0348. The first-order chi connectivity index (χ1) is 18.3. The fraction of sp³-hybridized carbons (Fsp3) is 0.536. The molecule has 208 valence electrons. The lowest BCUT2D eigenvalue weighted by molar-refractivity contribution is -0.122. The molecule has 38 heavy (non-hydrogen) atoms. The van der Waals surface area contributed by atoms with Gasteiger partial charge in [0.1, 0.15) is 25.1 Å². The van der Waals surface area contributed by atoms with Crippen LogP contribution in [0.25, 0.3) is 0 Å². The first-order valence-electron chi connectivity index (χ1n) is 13.2. The van der Waals surface area contributed by atoms with Gasteiger partial charge in [0.05, 0.1) is 17.8 Å². The Bertz CT molecular complexity index is 1170. The molecule has 1 fully saturated rings. The Labute approximate surface area is 224 Å². The van der Waals surface area contributed by atoms with Crippen LogP contribution in [0.15, 0.2) is 47.4 Å². The van der Waals surface area contributed by atoms with Crippen LogP contribution < -0.4 is 19.5 Å². The van der Waals surface area contributed by atoms with Gasteiger partial charge in [0, 0.05) is 32.1 Å². The Balaban J connectivity index is 1.25. The van der Waals surface area contributed by atoms with Gasteiger partial charge in [-0.1, -0.05) is 12.5 Å². The fourth-order valence-corrected chi connectivity index (χ4v) is 6.25. The third-order valence-electron chi connectivity index (χ3n) is 6.88. The smallest absolute Gasteiger partial charge is 0.220 e. The van der Waals surface area contributed by atoms with Crippen LogP contribution in [0.1, 0.15) is 37.7 Å². The van der Waals surface area contributed by atoms with Crippen LogP contribution in [0.5, 0.6) is 17.2 Å². The van der Waals surface area contributed by atoms with Crippen molar-refractivity contribution in [1.29, 1.82) is 0 Å². The molecular weight excluding hydrogens is 511 g/mol. The molecule has 0 aromatic heterocycles. The van der Waals surface area contributed by atoms with Gasteiger partial charge in [-0.05, 0) is 67.6 Å². The molecule has 2 aliphatic heterocycles. The van der Waals surface area contributed by atoms with E-state index in [0.717, 1.165) is 11.3 Å². The molecule has 2 heterocycles. The molecule has 1 saturated heterocycles. The Kier molecular flexibility index (Phi) is 9.85. The molecule has 0 spiro atoms. The van der Waals surface area contributed by atoms with E-state index in [4.69, 9.17) is 14.2 Å². The SMILES string of the molecule is COc1ccc(S(=O)(=O)CCCCCC(=O)N[C@@H](Cc2ccc3c(c2)OCCO3)CN2CC[C@@H](F)C2)cc1. The average molecular weight is 549 g/mol. The van der Waals surface area contributed by atoms with Crippen LogP contribution in [-0.4, -0.2) is 77.1 Å². The van der Waals surface area contributed by atoms with Crippen molar-refractivity contribution in [3.63, 3.8) is 0 Å². The summed E-state index contributed by atoms with van der Waals surface area (Å²) < 4.78 is 55.2. The fourth-order valence-electron chi connectivity index (χ4n) is 4.88. The largest absolute Gasteiger partial charge is 0.497 e. The van der Waals surface area contributed by atoms with Crippen LogP contribution >= 0.6 is 0 Å². The maximum atomic E-state index is 13.8. The van der Waals surface area contributed by atoms with Gasteiger partial charge in [0.25, 0.3) is 0 Å². The quantitative estimate of drug-likeness (QED) is 0.383. The summed E-state index contributed by atoms with van der Waals surface area (Å²) >= 11 is 0. The maximum Gasteiger partial charge on any atom is 0.220 e. The molecule has 0 bridgehead atoms. The molecule has 0 saturated carbocycles. The molecule has 2 aliphatic rings. The molecule has 2 aromatic carbocycles. The monoisotopic (exact) mass is 548 g/mol. The minimum atomic E-state index is -3.38. The van der Waals surface area contributed by atoms with Crippen molar-refractivity contribution in [2.75, 3.05) is 45.7 Å². The number of carbonyl (C=O) groups is 1. The second-order valence-corrected chi connectivity index (χ2v) is 12.0. The first-order valence-corrected chi connectivity index (χ1v) is 14.9. The number of nitrogens with zero attached hydrogens (tertiary/aromatic N) is 1. The van der Waals surface area contributed by atoms with E-state index >= 15 is 0 Å². The number of hydrogen-bond donors (Lipinski definition) is 1. The lowest BCUT2D eigenvalue weighted by atomic mass is 10.0. The molecule has 1 N–H and O–H groups in total. The summed E-state index contributed by atoms with van der Waals surface area (Å²) in [6.07, 6.45) is 2.30. The number of sulfone groups is 1. The molecule has 8 nitrogen and oxygen atoms in total. The van der Waals surface area contributed by atoms with E-state index in [0.29, 0.717) is 82.9 Å². The number of carbonyl (C=O) groups excluding carboxylic acids is 1. The first kappa shape index (κ1) is 28.2. The summed E-state index contributed by atoms with van der Waals surface area (Å²) in [6.45, 7) is 2.66. The summed E-state index contributed by atoms with van der Waals surface area (Å²) in [7, 11) is -1.84. The molecule has 1 amide bonds. The number of ether oxygens (including phenoxy) is 3. The van der Waals surface area contributed by atoms with Gasteiger partial charge >= 0.3 is 0 Å². The van der Waals surface area contributed by atoms with Crippen LogP contribution in [0, 0.1) is 0 Å². The van der Waals surface area contributed by atoms with E-state index in [9.17, 15) is 17.6 Å². The number of unbranched alkanes of at least 4 members (excludes halogenated alkanes) is 2. The predicted molar refractivity (Wildman–Crippen MR) is 143 cm³/mol. The van der Waals surface area contributed by atoms with E-state index in [1.807, 2.05) is 18.2 Å². The highest BCUT2D eigenvalue weighted by Gasteiger charge is 2.25. The van der Waals surface area contributed by atoms with Crippen molar-refractivity contribution in [3.05, 3.63) is 48.0 Å². The van der Waals surface area contributed by atoms with Gasteiger partial charge in [-0.15, -0.1) is 0 Å². The van der Waals surface area contributed by atoms with Gasteiger partial charge in [0.2, 0.25) is 5.91 Å². The minimum Gasteiger partial charge on any atom is -0.497 e. The zero-order valence-electron chi connectivity index (χ0n) is 21.9. The number of nitrogens with one attached hydrogen (secondary N) is 1. The number of amides is 1. The Hall–Kier alpha value is -2.85. The van der Waals surface area contributed by atoms with E-state index in [-0.39, 0.29) is 22.6 Å². The van der Waals surface area contributed by atoms with Gasteiger partial charge in [-0.25, -0.2) is 12.8 Å².